The summed E-state index contributed by atoms with van der Waals surface area (Å²) in [5.74, 6) is -1.13. The van der Waals surface area contributed by atoms with Crippen LogP contribution in [0.3, 0.4) is 0 Å². The lowest BCUT2D eigenvalue weighted by molar-refractivity contribution is -0.139. The summed E-state index contributed by atoms with van der Waals surface area (Å²) in [6.07, 6.45) is 3.71. The SMILES string of the molecule is O=C(O)C(CN1CCCN2CCCC2C1)c1ccccc1. The van der Waals surface area contributed by atoms with E-state index in [0.717, 1.165) is 25.1 Å². The maximum Gasteiger partial charge on any atom is 0.312 e. The molecule has 1 N–H and O–H groups in total. The molecule has 2 saturated heterocycles. The average molecular weight is 288 g/mol. The molecule has 2 unspecified atom stereocenters. The quantitative estimate of drug-likeness (QED) is 0.920. The minimum atomic E-state index is -0.714. The van der Waals surface area contributed by atoms with Crippen LogP contribution < -0.4 is 0 Å². The molecule has 0 aromatic heterocycles. The number of nitrogens with zero attached hydrogens (tertiary/aromatic N) is 2. The van der Waals surface area contributed by atoms with Gasteiger partial charge in [-0.25, -0.2) is 0 Å². The molecular weight excluding hydrogens is 264 g/mol. The van der Waals surface area contributed by atoms with Gasteiger partial charge in [0, 0.05) is 19.1 Å². The highest BCUT2D eigenvalue weighted by Crippen LogP contribution is 2.24. The standard InChI is InChI=1S/C17H24N2O2/c20-17(21)16(14-6-2-1-3-7-14)13-18-9-5-11-19-10-4-8-15(19)12-18/h1-3,6-7,15-16H,4-5,8-13H2,(H,20,21). The molecule has 0 bridgehead atoms. The van der Waals surface area contributed by atoms with Gasteiger partial charge in [-0.05, 0) is 44.5 Å². The molecular formula is C17H24N2O2. The van der Waals surface area contributed by atoms with Crippen LogP contribution in [0.25, 0.3) is 0 Å². The van der Waals surface area contributed by atoms with Crippen molar-refractivity contribution < 1.29 is 9.90 Å². The van der Waals surface area contributed by atoms with E-state index in [4.69, 9.17) is 0 Å². The molecule has 0 spiro atoms. The van der Waals surface area contributed by atoms with Crippen molar-refractivity contribution >= 4 is 5.97 Å². The van der Waals surface area contributed by atoms with Crippen molar-refractivity contribution in [3.8, 4) is 0 Å². The summed E-state index contributed by atoms with van der Waals surface area (Å²) in [6.45, 7) is 5.06. The maximum absolute atomic E-state index is 11.7. The van der Waals surface area contributed by atoms with Gasteiger partial charge in [-0.2, -0.15) is 0 Å². The Balaban J connectivity index is 1.69. The van der Waals surface area contributed by atoms with E-state index in [2.05, 4.69) is 9.80 Å². The number of hydrogen-bond acceptors (Lipinski definition) is 3. The van der Waals surface area contributed by atoms with Gasteiger partial charge in [0.15, 0.2) is 0 Å². The Morgan fingerprint density at radius 2 is 1.95 bits per heavy atom. The van der Waals surface area contributed by atoms with Gasteiger partial charge in [-0.15, -0.1) is 0 Å². The minimum Gasteiger partial charge on any atom is -0.481 e. The van der Waals surface area contributed by atoms with Crippen LogP contribution in [0.2, 0.25) is 0 Å². The lowest BCUT2D eigenvalue weighted by atomic mass is 9.98. The van der Waals surface area contributed by atoms with E-state index in [1.54, 1.807) is 0 Å². The normalized spacial score (nSPS) is 25.2. The van der Waals surface area contributed by atoms with Crippen molar-refractivity contribution in [3.63, 3.8) is 0 Å². The summed E-state index contributed by atoms with van der Waals surface area (Å²) in [4.78, 5) is 16.6. The van der Waals surface area contributed by atoms with Crippen LogP contribution in [-0.4, -0.2) is 59.6 Å². The van der Waals surface area contributed by atoms with Crippen LogP contribution in [0.1, 0.15) is 30.7 Å². The lowest BCUT2D eigenvalue weighted by Gasteiger charge is -2.27. The van der Waals surface area contributed by atoms with Crippen molar-refractivity contribution in [1.82, 2.24) is 9.80 Å². The van der Waals surface area contributed by atoms with Crippen LogP contribution in [0, 0.1) is 0 Å². The van der Waals surface area contributed by atoms with Crippen molar-refractivity contribution in [2.24, 2.45) is 0 Å². The molecule has 3 rings (SSSR count). The molecule has 0 radical (unpaired) electrons. The van der Waals surface area contributed by atoms with Crippen LogP contribution in [0.5, 0.6) is 0 Å². The predicted octanol–water partition coefficient (Wildman–Crippen LogP) is 2.02. The first kappa shape index (κ1) is 14.5. The molecule has 0 saturated carbocycles. The smallest absolute Gasteiger partial charge is 0.312 e. The molecule has 1 aromatic rings. The zero-order valence-corrected chi connectivity index (χ0v) is 12.4. The van der Waals surface area contributed by atoms with Crippen LogP contribution in [0.15, 0.2) is 30.3 Å². The number of fused-ring (bicyclic) bond motifs is 1. The number of aliphatic carboxylic acids is 1. The van der Waals surface area contributed by atoms with Gasteiger partial charge in [0.25, 0.3) is 0 Å². The fourth-order valence-corrected chi connectivity index (χ4v) is 3.72. The highest BCUT2D eigenvalue weighted by atomic mass is 16.4. The molecule has 4 heteroatoms. The fraction of sp³-hybridized carbons (Fsp3) is 0.588. The molecule has 2 aliphatic rings. The largest absolute Gasteiger partial charge is 0.481 e. The van der Waals surface area contributed by atoms with E-state index in [9.17, 15) is 9.90 Å². The first-order valence-electron chi connectivity index (χ1n) is 7.98. The average Bonchev–Trinajstić information content (AvgIpc) is 2.83. The van der Waals surface area contributed by atoms with Crippen molar-refractivity contribution in [2.75, 3.05) is 32.7 Å². The molecule has 1 aromatic carbocycles. The highest BCUT2D eigenvalue weighted by Gasteiger charge is 2.31. The summed E-state index contributed by atoms with van der Waals surface area (Å²) >= 11 is 0. The zero-order chi connectivity index (χ0) is 14.7. The molecule has 0 aliphatic carbocycles. The highest BCUT2D eigenvalue weighted by molar-refractivity contribution is 5.76. The Hall–Kier alpha value is -1.39. The monoisotopic (exact) mass is 288 g/mol. The topological polar surface area (TPSA) is 43.8 Å². The van der Waals surface area contributed by atoms with E-state index >= 15 is 0 Å². The summed E-state index contributed by atoms with van der Waals surface area (Å²) in [6, 6.07) is 10.3. The van der Waals surface area contributed by atoms with Gasteiger partial charge in [0.2, 0.25) is 0 Å². The number of benzene rings is 1. The fourth-order valence-electron chi connectivity index (χ4n) is 3.72. The van der Waals surface area contributed by atoms with E-state index in [-0.39, 0.29) is 0 Å². The molecule has 0 amide bonds. The van der Waals surface area contributed by atoms with Crippen LogP contribution in [0.4, 0.5) is 0 Å². The van der Waals surface area contributed by atoms with Gasteiger partial charge < -0.3 is 10.0 Å². The van der Waals surface area contributed by atoms with Crippen molar-refractivity contribution in [2.45, 2.75) is 31.2 Å². The van der Waals surface area contributed by atoms with Gasteiger partial charge in [-0.3, -0.25) is 9.69 Å². The second kappa shape index (κ2) is 6.58. The summed E-state index contributed by atoms with van der Waals surface area (Å²) in [7, 11) is 0. The molecule has 114 valence electrons. The van der Waals surface area contributed by atoms with E-state index < -0.39 is 11.9 Å². The Morgan fingerprint density at radius 3 is 2.71 bits per heavy atom. The molecule has 2 fully saturated rings. The summed E-state index contributed by atoms with van der Waals surface area (Å²) < 4.78 is 0. The van der Waals surface area contributed by atoms with Crippen LogP contribution >= 0.6 is 0 Å². The van der Waals surface area contributed by atoms with Gasteiger partial charge in [0.1, 0.15) is 0 Å². The molecule has 2 atom stereocenters. The number of hydrogen-bond donors (Lipinski definition) is 1. The second-order valence-corrected chi connectivity index (χ2v) is 6.25. The third-order valence-corrected chi connectivity index (χ3v) is 4.83. The molecule has 2 aliphatic heterocycles. The molecule has 4 nitrogen and oxygen atoms in total. The predicted molar refractivity (Wildman–Crippen MR) is 82.5 cm³/mol. The van der Waals surface area contributed by atoms with Crippen LogP contribution in [-0.2, 0) is 4.79 Å². The lowest BCUT2D eigenvalue weighted by Crippen LogP contribution is -2.39. The maximum atomic E-state index is 11.7. The van der Waals surface area contributed by atoms with Gasteiger partial charge in [0.05, 0.1) is 5.92 Å². The van der Waals surface area contributed by atoms with Gasteiger partial charge >= 0.3 is 5.97 Å². The second-order valence-electron chi connectivity index (χ2n) is 6.25. The first-order valence-corrected chi connectivity index (χ1v) is 7.98. The van der Waals surface area contributed by atoms with E-state index in [1.165, 1.54) is 25.9 Å². The van der Waals surface area contributed by atoms with E-state index in [0.29, 0.717) is 12.6 Å². The Kier molecular flexibility index (Phi) is 4.56. The van der Waals surface area contributed by atoms with Crippen molar-refractivity contribution in [1.29, 1.82) is 0 Å². The van der Waals surface area contributed by atoms with E-state index in [1.807, 2.05) is 30.3 Å². The Bertz CT molecular complexity index is 477. The zero-order valence-electron chi connectivity index (χ0n) is 12.4. The van der Waals surface area contributed by atoms with Crippen molar-refractivity contribution in [3.05, 3.63) is 35.9 Å². The van der Waals surface area contributed by atoms with Gasteiger partial charge in [-0.1, -0.05) is 30.3 Å². The first-order chi connectivity index (χ1) is 10.2. The Morgan fingerprint density at radius 1 is 1.19 bits per heavy atom. The third kappa shape index (κ3) is 3.44. The number of carboxylic acid groups (broad SMARTS) is 1. The third-order valence-electron chi connectivity index (χ3n) is 4.83. The number of carboxylic acids is 1. The number of carbonyl (C=O) groups is 1. The Labute approximate surface area is 126 Å². The summed E-state index contributed by atoms with van der Waals surface area (Å²) in [5, 5.41) is 9.58. The molecule has 2 heterocycles. The summed E-state index contributed by atoms with van der Waals surface area (Å²) in [5.41, 5.74) is 0.914. The number of rotatable bonds is 4. The minimum absolute atomic E-state index is 0.417. The molecule has 21 heavy (non-hydrogen) atoms.